The number of epoxide rings is 1. The third-order valence-electron chi connectivity index (χ3n) is 7.67. The molecule has 0 aromatic heterocycles. The Hall–Kier alpha value is -1.92. The molecule has 0 radical (unpaired) electrons. The number of aliphatic hydroxyl groups excluding tert-OH is 1. The Bertz CT molecular complexity index is 803. The molecule has 0 bridgehead atoms. The number of aliphatic hydroxyl groups is 1. The molecule has 1 N–H and O–H groups in total. The third kappa shape index (κ3) is 9.51. The van der Waals surface area contributed by atoms with E-state index in [0.717, 1.165) is 44.1 Å². The van der Waals surface area contributed by atoms with Crippen molar-refractivity contribution in [2.45, 2.75) is 117 Å². The van der Waals surface area contributed by atoms with Gasteiger partial charge in [-0.1, -0.05) is 64.0 Å². The van der Waals surface area contributed by atoms with E-state index in [4.69, 9.17) is 9.47 Å². The zero-order valence-corrected chi connectivity index (χ0v) is 23.5. The van der Waals surface area contributed by atoms with Gasteiger partial charge in [-0.15, -0.1) is 0 Å². The van der Waals surface area contributed by atoms with E-state index in [1.807, 2.05) is 24.9 Å². The van der Waals surface area contributed by atoms with Crippen molar-refractivity contribution < 1.29 is 24.2 Å². The lowest BCUT2D eigenvalue weighted by Gasteiger charge is -2.33. The lowest BCUT2D eigenvalue weighted by atomic mass is 9.91. The van der Waals surface area contributed by atoms with Gasteiger partial charge in [-0.25, -0.2) is 0 Å². The Morgan fingerprint density at radius 2 is 1.97 bits per heavy atom. The van der Waals surface area contributed by atoms with E-state index >= 15 is 0 Å². The van der Waals surface area contributed by atoms with Gasteiger partial charge in [0.05, 0.1) is 24.4 Å². The number of ether oxygens (including phenoxy) is 2. The average molecular weight is 504 g/mol. The van der Waals surface area contributed by atoms with Crippen molar-refractivity contribution in [2.75, 3.05) is 7.05 Å². The molecule has 2 heterocycles. The molecule has 36 heavy (non-hydrogen) atoms. The fraction of sp³-hybridized carbons (Fsp3) is 0.733. The lowest BCUT2D eigenvalue weighted by molar-refractivity contribution is -0.144. The molecular formula is C30H49NO5. The Morgan fingerprint density at radius 3 is 2.64 bits per heavy atom. The monoisotopic (exact) mass is 503 g/mol. The Kier molecular flexibility index (Phi) is 12.4. The van der Waals surface area contributed by atoms with Crippen molar-refractivity contribution in [1.82, 2.24) is 4.90 Å². The van der Waals surface area contributed by atoms with E-state index in [2.05, 4.69) is 52.0 Å². The summed E-state index contributed by atoms with van der Waals surface area (Å²) in [5, 5.41) is 10.1. The number of carbonyl (C=O) groups is 2. The van der Waals surface area contributed by atoms with Crippen LogP contribution in [0.1, 0.15) is 86.5 Å². The highest BCUT2D eigenvalue weighted by Crippen LogP contribution is 2.36. The molecule has 1 saturated heterocycles. The van der Waals surface area contributed by atoms with Crippen LogP contribution in [0.5, 0.6) is 0 Å². The fourth-order valence-electron chi connectivity index (χ4n) is 5.35. The van der Waals surface area contributed by atoms with E-state index in [9.17, 15) is 14.7 Å². The van der Waals surface area contributed by atoms with E-state index in [1.54, 1.807) is 0 Å². The van der Waals surface area contributed by atoms with Crippen LogP contribution in [0, 0.1) is 17.8 Å². The number of carbonyl (C=O) groups excluding carboxylic acids is 2. The van der Waals surface area contributed by atoms with Gasteiger partial charge in [0.2, 0.25) is 5.91 Å². The second-order valence-electron chi connectivity index (χ2n) is 10.9. The number of likely N-dealkylation sites (N-methyl/N-ethyl adjacent to an activating group) is 1. The molecule has 1 unspecified atom stereocenters. The van der Waals surface area contributed by atoms with Crippen molar-refractivity contribution in [3.63, 3.8) is 0 Å². The largest absolute Gasteiger partial charge is 0.458 e. The average Bonchev–Trinajstić information content (AvgIpc) is 3.58. The van der Waals surface area contributed by atoms with Crippen LogP contribution in [0.15, 0.2) is 36.0 Å². The number of hydrogen-bond donors (Lipinski definition) is 1. The summed E-state index contributed by atoms with van der Waals surface area (Å²) in [5.41, 5.74) is 1.12. The minimum Gasteiger partial charge on any atom is -0.458 e. The van der Waals surface area contributed by atoms with Gasteiger partial charge < -0.3 is 19.5 Å². The highest BCUT2D eigenvalue weighted by Gasteiger charge is 2.44. The molecule has 0 aromatic carbocycles. The predicted octanol–water partition coefficient (Wildman–Crippen LogP) is 5.60. The molecule has 6 nitrogen and oxygen atoms in total. The zero-order valence-electron chi connectivity index (χ0n) is 23.5. The van der Waals surface area contributed by atoms with E-state index < -0.39 is 0 Å². The first-order chi connectivity index (χ1) is 17.0. The maximum atomic E-state index is 12.9. The topological polar surface area (TPSA) is 79.4 Å². The van der Waals surface area contributed by atoms with Crippen LogP contribution in [0.2, 0.25) is 0 Å². The zero-order chi connectivity index (χ0) is 26.8. The standard InChI is InChI=1S/C30H49NO5/c1-8-26(33)23(5)30-27(36-30)19-20(2)13-12-14-21(3)29-22(4)17-18-25(35-24(6)32)15-10-9-11-16-28(34)31(29)7/h12-14,17-18,20,22-23,25-27,29-30,33H,8-11,15-16,19H2,1-7H3/b13-12+,18-17+,21-14+/t20-,22+,23-,25?,26+,27-,29-,30-/m1/s1. The predicted molar refractivity (Wildman–Crippen MR) is 144 cm³/mol. The van der Waals surface area contributed by atoms with E-state index in [0.29, 0.717) is 12.3 Å². The molecule has 2 rings (SSSR count). The summed E-state index contributed by atoms with van der Waals surface area (Å²) in [6, 6.07) is -0.0707. The molecule has 204 valence electrons. The molecule has 1 fully saturated rings. The van der Waals surface area contributed by atoms with Crippen molar-refractivity contribution in [2.24, 2.45) is 17.8 Å². The minimum atomic E-state index is -0.303. The number of hydrogen-bond acceptors (Lipinski definition) is 5. The molecule has 2 aliphatic heterocycles. The molecule has 6 heteroatoms. The molecule has 2 aliphatic rings. The van der Waals surface area contributed by atoms with Crippen molar-refractivity contribution in [3.05, 3.63) is 36.0 Å². The highest BCUT2D eigenvalue weighted by molar-refractivity contribution is 5.76. The normalized spacial score (nSPS) is 31.8. The summed E-state index contributed by atoms with van der Waals surface area (Å²) < 4.78 is 11.3. The Balaban J connectivity index is 2.07. The first kappa shape index (κ1) is 30.3. The van der Waals surface area contributed by atoms with Gasteiger partial charge in [0, 0.05) is 26.3 Å². The number of rotatable bonds is 9. The quantitative estimate of drug-likeness (QED) is 0.192. The van der Waals surface area contributed by atoms with Crippen molar-refractivity contribution in [1.29, 1.82) is 0 Å². The summed E-state index contributed by atoms with van der Waals surface area (Å²) in [4.78, 5) is 26.3. The van der Waals surface area contributed by atoms with Crippen LogP contribution in [-0.2, 0) is 19.1 Å². The molecule has 1 amide bonds. The first-order valence-corrected chi connectivity index (χ1v) is 13.8. The lowest BCUT2D eigenvalue weighted by Crippen LogP contribution is -2.41. The van der Waals surface area contributed by atoms with Gasteiger partial charge in [0.15, 0.2) is 0 Å². The second kappa shape index (κ2) is 14.7. The van der Waals surface area contributed by atoms with Crippen LogP contribution in [0.25, 0.3) is 0 Å². The van der Waals surface area contributed by atoms with Gasteiger partial charge in [-0.05, 0) is 56.9 Å². The van der Waals surface area contributed by atoms with Gasteiger partial charge >= 0.3 is 5.97 Å². The van der Waals surface area contributed by atoms with Crippen LogP contribution < -0.4 is 0 Å². The smallest absolute Gasteiger partial charge is 0.303 e. The molecule has 0 aromatic rings. The van der Waals surface area contributed by atoms with Crippen LogP contribution in [-0.4, -0.2) is 59.4 Å². The second-order valence-corrected chi connectivity index (χ2v) is 10.9. The highest BCUT2D eigenvalue weighted by atomic mass is 16.6. The van der Waals surface area contributed by atoms with Gasteiger partial charge in [-0.3, -0.25) is 9.59 Å². The van der Waals surface area contributed by atoms with Crippen LogP contribution in [0.3, 0.4) is 0 Å². The fourth-order valence-corrected chi connectivity index (χ4v) is 5.35. The maximum absolute atomic E-state index is 12.9. The maximum Gasteiger partial charge on any atom is 0.303 e. The first-order valence-electron chi connectivity index (χ1n) is 13.8. The number of allylic oxidation sites excluding steroid dienone is 3. The Morgan fingerprint density at radius 1 is 1.25 bits per heavy atom. The number of nitrogens with zero attached hydrogens (tertiary/aromatic N) is 1. The van der Waals surface area contributed by atoms with E-state index in [1.165, 1.54) is 6.92 Å². The van der Waals surface area contributed by atoms with Gasteiger partial charge in [0.25, 0.3) is 0 Å². The van der Waals surface area contributed by atoms with Crippen LogP contribution in [0.4, 0.5) is 0 Å². The summed E-state index contributed by atoms with van der Waals surface area (Å²) in [5.74, 6) is 0.505. The molecule has 0 saturated carbocycles. The summed E-state index contributed by atoms with van der Waals surface area (Å²) in [6.07, 6.45) is 16.1. The minimum absolute atomic E-state index is 0.0707. The van der Waals surface area contributed by atoms with Crippen molar-refractivity contribution in [3.8, 4) is 0 Å². The number of amides is 1. The Labute approximate surface area is 218 Å². The SMILES string of the molecule is CC[C@H](O)[C@@H](C)[C@H]1O[C@@H]1C[C@H](C)/C=C/C=C(\C)[C@@H]1[C@@H](C)/C=C/C(OC(C)=O)CCCCCC(=O)N1C. The van der Waals surface area contributed by atoms with Gasteiger partial charge in [0.1, 0.15) is 6.10 Å². The molecule has 8 atom stereocenters. The number of esters is 1. The van der Waals surface area contributed by atoms with Crippen molar-refractivity contribution >= 4 is 11.9 Å². The van der Waals surface area contributed by atoms with E-state index in [-0.39, 0.29) is 54.2 Å². The summed E-state index contributed by atoms with van der Waals surface area (Å²) in [7, 11) is 1.90. The molecular weight excluding hydrogens is 454 g/mol. The summed E-state index contributed by atoms with van der Waals surface area (Å²) >= 11 is 0. The third-order valence-corrected chi connectivity index (χ3v) is 7.67. The van der Waals surface area contributed by atoms with Gasteiger partial charge in [-0.2, -0.15) is 0 Å². The summed E-state index contributed by atoms with van der Waals surface area (Å²) in [6.45, 7) is 11.9. The molecule has 0 aliphatic carbocycles. The van der Waals surface area contributed by atoms with Crippen LogP contribution >= 0.6 is 0 Å². The molecule has 0 spiro atoms.